The average molecular weight is 501 g/mol. The summed E-state index contributed by atoms with van der Waals surface area (Å²) in [6.07, 6.45) is 3.77. The van der Waals surface area contributed by atoms with Crippen LogP contribution in [0.25, 0.3) is 10.4 Å². The number of anilines is 2. The smallest absolute Gasteiger partial charge is 0.309 e. The molecule has 35 heavy (non-hydrogen) atoms. The van der Waals surface area contributed by atoms with Gasteiger partial charge in [-0.05, 0) is 61.8 Å². The Morgan fingerprint density at radius 1 is 1.17 bits per heavy atom. The Hall–Kier alpha value is -3.11. The van der Waals surface area contributed by atoms with Crippen LogP contribution in [0.15, 0.2) is 30.6 Å². The standard InChI is InChI=1S/C25H29FN4O4S/c1-14-8-15(10-16(9-14)29-22-28-11-17(26)19(30-22)34-5)18-12-27-20(35-18)25(33)7-6-24(4,21(31)32)23(2,3)13-25/h8-12,33H,6-7,13H2,1-5H3,(H,31,32)(H,28,29,30). The molecule has 186 valence electrons. The normalized spacial score (nSPS) is 23.6. The van der Waals surface area contributed by atoms with Crippen LogP contribution in [-0.4, -0.2) is 38.2 Å². The van der Waals surface area contributed by atoms with Crippen molar-refractivity contribution in [3.63, 3.8) is 0 Å². The van der Waals surface area contributed by atoms with E-state index in [0.29, 0.717) is 30.0 Å². The van der Waals surface area contributed by atoms with Gasteiger partial charge < -0.3 is 20.3 Å². The quantitative estimate of drug-likeness (QED) is 0.418. The van der Waals surface area contributed by atoms with E-state index in [1.165, 1.54) is 18.4 Å². The molecule has 0 spiro atoms. The molecule has 1 aliphatic carbocycles. The van der Waals surface area contributed by atoms with Gasteiger partial charge in [-0.25, -0.2) is 9.97 Å². The van der Waals surface area contributed by atoms with Crippen LogP contribution in [-0.2, 0) is 10.4 Å². The number of carbonyl (C=O) groups is 1. The fourth-order valence-corrected chi connectivity index (χ4v) is 5.71. The number of ether oxygens (including phenoxy) is 1. The Kier molecular flexibility index (Phi) is 6.31. The number of aliphatic hydroxyl groups is 1. The van der Waals surface area contributed by atoms with Crippen LogP contribution in [0.5, 0.6) is 5.88 Å². The van der Waals surface area contributed by atoms with E-state index >= 15 is 0 Å². The molecule has 2 heterocycles. The van der Waals surface area contributed by atoms with Crippen LogP contribution in [0.1, 0.15) is 50.6 Å². The molecule has 0 bridgehead atoms. The van der Waals surface area contributed by atoms with Crippen molar-refractivity contribution < 1.29 is 24.1 Å². The number of methoxy groups -OCH3 is 1. The highest BCUT2D eigenvalue weighted by atomic mass is 32.1. The van der Waals surface area contributed by atoms with Crippen LogP contribution in [0.2, 0.25) is 0 Å². The molecule has 4 rings (SSSR count). The number of rotatable bonds is 6. The Morgan fingerprint density at radius 2 is 1.91 bits per heavy atom. The molecule has 0 radical (unpaired) electrons. The minimum absolute atomic E-state index is 0.148. The van der Waals surface area contributed by atoms with E-state index in [4.69, 9.17) is 4.74 Å². The lowest BCUT2D eigenvalue weighted by Gasteiger charge is -2.50. The molecule has 8 nitrogen and oxygen atoms in total. The number of hydrogen-bond acceptors (Lipinski definition) is 8. The maximum atomic E-state index is 13.6. The first kappa shape index (κ1) is 25.0. The van der Waals surface area contributed by atoms with Crippen LogP contribution < -0.4 is 10.1 Å². The topological polar surface area (TPSA) is 117 Å². The summed E-state index contributed by atoms with van der Waals surface area (Å²) < 4.78 is 18.6. The Labute approximate surface area is 207 Å². The van der Waals surface area contributed by atoms with Gasteiger partial charge in [-0.2, -0.15) is 9.37 Å². The number of hydrogen-bond donors (Lipinski definition) is 3. The van der Waals surface area contributed by atoms with Crippen molar-refractivity contribution in [2.24, 2.45) is 10.8 Å². The molecule has 1 aromatic carbocycles. The fraction of sp³-hybridized carbons (Fsp3) is 0.440. The first-order valence-corrected chi connectivity index (χ1v) is 12.1. The summed E-state index contributed by atoms with van der Waals surface area (Å²) in [5.41, 5.74) is -0.151. The SMILES string of the molecule is COc1nc(Nc2cc(C)cc(-c3cnc(C4(O)CCC(C)(C(=O)O)C(C)(C)C4)s3)c2)ncc1F. The van der Waals surface area contributed by atoms with Crippen molar-refractivity contribution in [3.8, 4) is 16.3 Å². The molecule has 10 heteroatoms. The zero-order chi connectivity index (χ0) is 25.6. The predicted octanol–water partition coefficient (Wildman–Crippen LogP) is 5.29. The molecular formula is C25H29FN4O4S. The second kappa shape index (κ2) is 8.83. The molecule has 3 aromatic rings. The number of aryl methyl sites for hydroxylation is 1. The second-order valence-electron chi connectivity index (χ2n) is 10.0. The zero-order valence-corrected chi connectivity index (χ0v) is 21.2. The lowest BCUT2D eigenvalue weighted by Crippen LogP contribution is -2.51. The van der Waals surface area contributed by atoms with Gasteiger partial charge in [-0.15, -0.1) is 11.3 Å². The van der Waals surface area contributed by atoms with Crippen LogP contribution in [0.4, 0.5) is 16.0 Å². The third-order valence-electron chi connectivity index (χ3n) is 7.17. The molecule has 3 N–H and O–H groups in total. The monoisotopic (exact) mass is 500 g/mol. The zero-order valence-electron chi connectivity index (χ0n) is 20.3. The number of benzene rings is 1. The average Bonchev–Trinajstić information content (AvgIpc) is 3.28. The first-order valence-electron chi connectivity index (χ1n) is 11.2. The van der Waals surface area contributed by atoms with Gasteiger partial charge in [-0.3, -0.25) is 4.79 Å². The molecule has 0 saturated heterocycles. The highest BCUT2D eigenvalue weighted by Gasteiger charge is 2.56. The minimum atomic E-state index is -1.19. The lowest BCUT2D eigenvalue weighted by molar-refractivity contribution is -0.170. The van der Waals surface area contributed by atoms with Gasteiger partial charge in [0, 0.05) is 11.9 Å². The van der Waals surface area contributed by atoms with Gasteiger partial charge in [0.1, 0.15) is 10.6 Å². The van der Waals surface area contributed by atoms with E-state index in [1.54, 1.807) is 13.1 Å². The maximum Gasteiger partial charge on any atom is 0.309 e. The lowest BCUT2D eigenvalue weighted by atomic mass is 9.55. The Balaban J connectivity index is 1.60. The van der Waals surface area contributed by atoms with E-state index in [2.05, 4.69) is 20.3 Å². The molecule has 2 unspecified atom stereocenters. The molecule has 1 fully saturated rings. The van der Waals surface area contributed by atoms with Crippen molar-refractivity contribution in [2.45, 2.75) is 52.6 Å². The van der Waals surface area contributed by atoms with Gasteiger partial charge in [-0.1, -0.05) is 19.9 Å². The molecule has 1 aliphatic rings. The van der Waals surface area contributed by atoms with E-state index in [1.807, 2.05) is 39.0 Å². The molecule has 2 atom stereocenters. The maximum absolute atomic E-state index is 13.6. The first-order chi connectivity index (χ1) is 16.4. The largest absolute Gasteiger partial charge is 0.481 e. The molecule has 0 amide bonds. The van der Waals surface area contributed by atoms with Crippen molar-refractivity contribution in [3.05, 3.63) is 47.0 Å². The van der Waals surface area contributed by atoms with Gasteiger partial charge in [0.05, 0.1) is 23.6 Å². The van der Waals surface area contributed by atoms with Gasteiger partial charge in [0.2, 0.25) is 11.8 Å². The predicted molar refractivity (Wildman–Crippen MR) is 131 cm³/mol. The van der Waals surface area contributed by atoms with E-state index in [0.717, 1.165) is 22.2 Å². The van der Waals surface area contributed by atoms with E-state index in [9.17, 15) is 19.4 Å². The van der Waals surface area contributed by atoms with Gasteiger partial charge >= 0.3 is 5.97 Å². The molecule has 2 aromatic heterocycles. The third-order valence-corrected chi connectivity index (χ3v) is 8.41. The number of halogens is 1. The van der Waals surface area contributed by atoms with Crippen molar-refractivity contribution in [1.82, 2.24) is 15.0 Å². The summed E-state index contributed by atoms with van der Waals surface area (Å²) in [5.74, 6) is -1.44. The van der Waals surface area contributed by atoms with E-state index in [-0.39, 0.29) is 11.8 Å². The second-order valence-corrected chi connectivity index (χ2v) is 11.1. The molecular weight excluding hydrogens is 471 g/mol. The minimum Gasteiger partial charge on any atom is -0.481 e. The van der Waals surface area contributed by atoms with Crippen LogP contribution in [0, 0.1) is 23.6 Å². The number of aromatic nitrogens is 3. The number of carboxylic acid groups (broad SMARTS) is 1. The number of thiazole rings is 1. The van der Waals surface area contributed by atoms with E-state index < -0.39 is 28.2 Å². The van der Waals surface area contributed by atoms with Crippen LogP contribution in [0.3, 0.4) is 0 Å². The Bertz CT molecular complexity index is 1280. The summed E-state index contributed by atoms with van der Waals surface area (Å²) in [6.45, 7) is 7.49. The number of carboxylic acids is 1. The summed E-state index contributed by atoms with van der Waals surface area (Å²) in [6, 6.07) is 5.82. The third kappa shape index (κ3) is 4.60. The highest BCUT2D eigenvalue weighted by molar-refractivity contribution is 7.15. The van der Waals surface area contributed by atoms with Gasteiger partial charge in [0.15, 0.2) is 0 Å². The van der Waals surface area contributed by atoms with Crippen molar-refractivity contribution in [1.29, 1.82) is 0 Å². The van der Waals surface area contributed by atoms with Crippen molar-refractivity contribution in [2.75, 3.05) is 12.4 Å². The number of nitrogens with one attached hydrogen (secondary N) is 1. The molecule has 1 saturated carbocycles. The fourth-order valence-electron chi connectivity index (χ4n) is 4.69. The summed E-state index contributed by atoms with van der Waals surface area (Å²) in [5, 5.41) is 25.0. The molecule has 0 aliphatic heterocycles. The number of aliphatic carboxylic acids is 1. The van der Waals surface area contributed by atoms with Gasteiger partial charge in [0.25, 0.3) is 5.88 Å². The van der Waals surface area contributed by atoms with Crippen molar-refractivity contribution >= 4 is 28.9 Å². The number of nitrogens with zero attached hydrogens (tertiary/aromatic N) is 3. The van der Waals surface area contributed by atoms with Crippen LogP contribution >= 0.6 is 11.3 Å². The summed E-state index contributed by atoms with van der Waals surface area (Å²) in [4.78, 5) is 25.3. The summed E-state index contributed by atoms with van der Waals surface area (Å²) >= 11 is 1.40. The Morgan fingerprint density at radius 3 is 2.57 bits per heavy atom. The highest BCUT2D eigenvalue weighted by Crippen LogP contribution is 2.56. The summed E-state index contributed by atoms with van der Waals surface area (Å²) in [7, 11) is 1.34.